The molecule has 0 spiro atoms. The zero-order valence-corrected chi connectivity index (χ0v) is 11.7. The first kappa shape index (κ1) is 19.7. The Kier molecular flexibility index (Phi) is 12.2. The molecule has 0 rings (SSSR count). The van der Waals surface area contributed by atoms with E-state index in [1.807, 2.05) is 0 Å². The van der Waals surface area contributed by atoms with Gasteiger partial charge in [-0.25, -0.2) is 0 Å². The fourth-order valence-corrected chi connectivity index (χ4v) is 1.73. The van der Waals surface area contributed by atoms with Crippen LogP contribution in [0.3, 0.4) is 0 Å². The van der Waals surface area contributed by atoms with Gasteiger partial charge < -0.3 is 36.0 Å². The van der Waals surface area contributed by atoms with Gasteiger partial charge in [0.05, 0.1) is 38.1 Å². The predicted molar refractivity (Wildman–Crippen MR) is 73.2 cm³/mol. The molecule has 3 atom stereocenters. The quantitative estimate of drug-likeness (QED) is 0.173. The number of hydrogen-bond acceptors (Lipinski definition) is 8. The third-order valence-corrected chi connectivity index (χ3v) is 2.78. The van der Waals surface area contributed by atoms with E-state index < -0.39 is 18.3 Å². The first-order valence-corrected chi connectivity index (χ1v) is 6.83. The van der Waals surface area contributed by atoms with Crippen molar-refractivity contribution in [2.75, 3.05) is 52.5 Å². The molecule has 8 nitrogen and oxygen atoms in total. The van der Waals surface area contributed by atoms with Crippen LogP contribution < -0.4 is 5.32 Å². The van der Waals surface area contributed by atoms with Gasteiger partial charge in [0.25, 0.3) is 0 Å². The monoisotopic (exact) mass is 296 g/mol. The Morgan fingerprint density at radius 2 is 1.30 bits per heavy atom. The van der Waals surface area contributed by atoms with Gasteiger partial charge in [0.15, 0.2) is 0 Å². The van der Waals surface area contributed by atoms with Gasteiger partial charge in [0, 0.05) is 19.6 Å². The van der Waals surface area contributed by atoms with Crippen molar-refractivity contribution in [3.05, 3.63) is 0 Å². The second-order valence-corrected chi connectivity index (χ2v) is 4.83. The van der Waals surface area contributed by atoms with E-state index in [4.69, 9.17) is 20.4 Å². The molecule has 0 aromatic carbocycles. The third-order valence-electron chi connectivity index (χ3n) is 2.78. The molecule has 20 heavy (non-hydrogen) atoms. The molecule has 0 heterocycles. The number of nitrogens with one attached hydrogen (secondary N) is 1. The lowest BCUT2D eigenvalue weighted by molar-refractivity contribution is 0.0229. The van der Waals surface area contributed by atoms with E-state index in [0.717, 1.165) is 0 Å². The molecule has 0 aliphatic carbocycles. The van der Waals surface area contributed by atoms with Crippen molar-refractivity contribution in [1.82, 2.24) is 10.2 Å². The van der Waals surface area contributed by atoms with Crippen molar-refractivity contribution in [3.8, 4) is 0 Å². The fourth-order valence-electron chi connectivity index (χ4n) is 1.73. The van der Waals surface area contributed by atoms with E-state index in [0.29, 0.717) is 26.1 Å². The van der Waals surface area contributed by atoms with Crippen LogP contribution in [0.25, 0.3) is 0 Å². The lowest BCUT2D eigenvalue weighted by Crippen LogP contribution is -2.41. The Hall–Kier alpha value is -0.320. The maximum absolute atomic E-state index is 9.41. The zero-order chi connectivity index (χ0) is 15.4. The molecule has 0 aromatic rings. The molecule has 0 aromatic heterocycles. The molecule has 0 aliphatic rings. The van der Waals surface area contributed by atoms with Crippen LogP contribution in [0.1, 0.15) is 6.42 Å². The van der Waals surface area contributed by atoms with Crippen LogP contribution in [-0.4, -0.2) is 106 Å². The van der Waals surface area contributed by atoms with Crippen LogP contribution in [0.15, 0.2) is 0 Å². The molecule has 0 radical (unpaired) electrons. The number of aliphatic hydroxyl groups excluding tert-OH is 6. The molecule has 0 fully saturated rings. The summed E-state index contributed by atoms with van der Waals surface area (Å²) >= 11 is 0. The van der Waals surface area contributed by atoms with E-state index in [9.17, 15) is 10.2 Å². The van der Waals surface area contributed by atoms with Gasteiger partial charge in [-0.1, -0.05) is 0 Å². The molecule has 0 amide bonds. The third kappa shape index (κ3) is 10.5. The Morgan fingerprint density at radius 3 is 1.75 bits per heavy atom. The summed E-state index contributed by atoms with van der Waals surface area (Å²) in [5, 5.41) is 57.2. The van der Waals surface area contributed by atoms with Crippen LogP contribution >= 0.6 is 0 Å². The second-order valence-electron chi connectivity index (χ2n) is 4.83. The van der Waals surface area contributed by atoms with Gasteiger partial charge in [-0.05, 0) is 19.5 Å². The number of nitrogens with zero attached hydrogens (tertiary/aromatic N) is 1. The smallest absolute Gasteiger partial charge is 0.0897 e. The summed E-state index contributed by atoms with van der Waals surface area (Å²) in [6, 6.07) is 0. The molecule has 0 saturated carbocycles. The molecule has 0 saturated heterocycles. The van der Waals surface area contributed by atoms with Crippen molar-refractivity contribution in [3.63, 3.8) is 0 Å². The predicted octanol–water partition coefficient (Wildman–Crippen LogP) is -3.67. The molecule has 122 valence electrons. The van der Waals surface area contributed by atoms with Crippen molar-refractivity contribution in [1.29, 1.82) is 0 Å². The molecular formula is C12H28N2O6. The summed E-state index contributed by atoms with van der Waals surface area (Å²) in [6.07, 6.45) is -1.84. The fraction of sp³-hybridized carbons (Fsp3) is 1.00. The summed E-state index contributed by atoms with van der Waals surface area (Å²) < 4.78 is 0. The highest BCUT2D eigenvalue weighted by Gasteiger charge is 2.14. The van der Waals surface area contributed by atoms with E-state index in [1.165, 1.54) is 0 Å². The SMILES string of the molecule is OCC(O)CNCCCN(CC(O)CO)CC(O)CO. The Balaban J connectivity index is 3.90. The standard InChI is InChI=1S/C12H28N2O6/c15-7-10(18)4-13-2-1-3-14(5-11(19)8-16)6-12(20)9-17/h10-13,15-20H,1-9H2. The van der Waals surface area contributed by atoms with Crippen LogP contribution in [0, 0.1) is 0 Å². The molecule has 8 heteroatoms. The average Bonchev–Trinajstić information content (AvgIpc) is 2.45. The van der Waals surface area contributed by atoms with Gasteiger partial charge in [0.1, 0.15) is 0 Å². The van der Waals surface area contributed by atoms with Gasteiger partial charge in [-0.3, -0.25) is 4.90 Å². The average molecular weight is 296 g/mol. The highest BCUT2D eigenvalue weighted by molar-refractivity contribution is 4.69. The normalized spacial score (nSPS) is 16.4. The number of hydrogen-bond donors (Lipinski definition) is 7. The van der Waals surface area contributed by atoms with Crippen molar-refractivity contribution in [2.24, 2.45) is 0 Å². The highest BCUT2D eigenvalue weighted by atomic mass is 16.3. The van der Waals surface area contributed by atoms with Crippen molar-refractivity contribution >= 4 is 0 Å². The first-order chi connectivity index (χ1) is 9.53. The Bertz CT molecular complexity index is 210. The largest absolute Gasteiger partial charge is 0.394 e. The Labute approximate surface area is 119 Å². The molecule has 0 bridgehead atoms. The summed E-state index contributed by atoms with van der Waals surface area (Å²) in [5.74, 6) is 0. The van der Waals surface area contributed by atoms with Gasteiger partial charge in [0.2, 0.25) is 0 Å². The van der Waals surface area contributed by atoms with Crippen LogP contribution in [0.4, 0.5) is 0 Å². The first-order valence-electron chi connectivity index (χ1n) is 6.83. The maximum Gasteiger partial charge on any atom is 0.0897 e. The zero-order valence-electron chi connectivity index (χ0n) is 11.7. The minimum absolute atomic E-state index is 0.215. The summed E-state index contributed by atoms with van der Waals surface area (Å²) in [6.45, 7) is 0.910. The topological polar surface area (TPSA) is 137 Å². The van der Waals surface area contributed by atoms with E-state index in [-0.39, 0.29) is 32.9 Å². The minimum atomic E-state index is -0.884. The highest BCUT2D eigenvalue weighted by Crippen LogP contribution is 1.98. The van der Waals surface area contributed by atoms with Gasteiger partial charge in [-0.15, -0.1) is 0 Å². The van der Waals surface area contributed by atoms with E-state index in [2.05, 4.69) is 5.32 Å². The summed E-state index contributed by atoms with van der Waals surface area (Å²) in [4.78, 5) is 1.76. The number of aliphatic hydroxyl groups is 6. The summed E-state index contributed by atoms with van der Waals surface area (Å²) in [7, 11) is 0. The lowest BCUT2D eigenvalue weighted by Gasteiger charge is -2.26. The van der Waals surface area contributed by atoms with Gasteiger partial charge in [-0.2, -0.15) is 0 Å². The Morgan fingerprint density at radius 1 is 0.800 bits per heavy atom. The van der Waals surface area contributed by atoms with Crippen LogP contribution in [0.2, 0.25) is 0 Å². The summed E-state index contributed by atoms with van der Waals surface area (Å²) in [5.41, 5.74) is 0. The molecule has 0 aliphatic heterocycles. The second kappa shape index (κ2) is 12.4. The van der Waals surface area contributed by atoms with Crippen molar-refractivity contribution in [2.45, 2.75) is 24.7 Å². The molecule has 3 unspecified atom stereocenters. The van der Waals surface area contributed by atoms with E-state index >= 15 is 0 Å². The van der Waals surface area contributed by atoms with Gasteiger partial charge >= 0.3 is 0 Å². The maximum atomic E-state index is 9.41. The van der Waals surface area contributed by atoms with Crippen molar-refractivity contribution < 1.29 is 30.6 Å². The molecular weight excluding hydrogens is 268 g/mol. The van der Waals surface area contributed by atoms with Crippen LogP contribution in [0.5, 0.6) is 0 Å². The number of rotatable bonds is 13. The van der Waals surface area contributed by atoms with E-state index in [1.54, 1.807) is 4.90 Å². The molecule has 7 N–H and O–H groups in total. The van der Waals surface area contributed by atoms with Crippen LogP contribution in [-0.2, 0) is 0 Å². The minimum Gasteiger partial charge on any atom is -0.394 e. The lowest BCUT2D eigenvalue weighted by atomic mass is 10.2.